The Morgan fingerprint density at radius 3 is 2.41 bits per heavy atom. The van der Waals surface area contributed by atoms with Crippen LogP contribution in [0.25, 0.3) is 0 Å². The number of hydrogen-bond donors (Lipinski definition) is 1. The topological polar surface area (TPSA) is 69.7 Å². The lowest BCUT2D eigenvalue weighted by Crippen LogP contribution is -2.36. The van der Waals surface area contributed by atoms with Gasteiger partial charge in [-0.3, -0.25) is 4.79 Å². The van der Waals surface area contributed by atoms with Gasteiger partial charge in [-0.05, 0) is 56.7 Å². The molecule has 0 unspecified atom stereocenters. The summed E-state index contributed by atoms with van der Waals surface area (Å²) in [4.78, 5) is 15.4. The monoisotopic (exact) mass is 393 g/mol. The third kappa shape index (κ3) is 4.29. The summed E-state index contributed by atoms with van der Waals surface area (Å²) in [5.41, 5.74) is 1.31. The van der Waals surface area contributed by atoms with Crippen molar-refractivity contribution in [1.29, 1.82) is 0 Å². The Morgan fingerprint density at radius 1 is 1.22 bits per heavy atom. The van der Waals surface area contributed by atoms with Crippen molar-refractivity contribution in [3.63, 3.8) is 0 Å². The molecule has 6 nitrogen and oxygen atoms in total. The highest BCUT2D eigenvalue weighted by molar-refractivity contribution is 7.89. The van der Waals surface area contributed by atoms with E-state index in [0.717, 1.165) is 44.5 Å². The Hall–Kier alpha value is -1.60. The van der Waals surface area contributed by atoms with Crippen LogP contribution in [0.5, 0.6) is 0 Å². The molecule has 1 aliphatic carbocycles. The number of sulfonamides is 1. The Bertz CT molecular complexity index is 780. The SMILES string of the molecule is CCN(CC)S(=O)(=O)c1ccc(N2CCCC2)c(C(=O)N[C@@H](C)C2CC2)c1. The van der Waals surface area contributed by atoms with Gasteiger partial charge < -0.3 is 10.2 Å². The molecule has 0 radical (unpaired) electrons. The Morgan fingerprint density at radius 2 is 1.85 bits per heavy atom. The second-order valence-corrected chi connectivity index (χ2v) is 9.50. The molecule has 1 atom stereocenters. The van der Waals surface area contributed by atoms with Crippen LogP contribution < -0.4 is 10.2 Å². The molecule has 1 aromatic rings. The highest BCUT2D eigenvalue weighted by Gasteiger charge is 2.31. The molecule has 27 heavy (non-hydrogen) atoms. The average Bonchev–Trinajstić information content (AvgIpc) is 3.37. The summed E-state index contributed by atoms with van der Waals surface area (Å²) in [7, 11) is -3.60. The summed E-state index contributed by atoms with van der Waals surface area (Å²) in [5, 5.41) is 3.08. The maximum absolute atomic E-state index is 13.0. The van der Waals surface area contributed by atoms with Crippen molar-refractivity contribution in [2.45, 2.75) is 57.4 Å². The van der Waals surface area contributed by atoms with E-state index in [9.17, 15) is 13.2 Å². The third-order valence-corrected chi connectivity index (χ3v) is 7.74. The molecule has 1 saturated carbocycles. The van der Waals surface area contributed by atoms with E-state index in [1.807, 2.05) is 20.8 Å². The van der Waals surface area contributed by atoms with Crippen LogP contribution in [0.3, 0.4) is 0 Å². The molecule has 1 N–H and O–H groups in total. The van der Waals surface area contributed by atoms with E-state index in [1.165, 1.54) is 4.31 Å². The summed E-state index contributed by atoms with van der Waals surface area (Å²) in [6, 6.07) is 5.13. The van der Waals surface area contributed by atoms with Crippen LogP contribution in [0.2, 0.25) is 0 Å². The van der Waals surface area contributed by atoms with E-state index in [0.29, 0.717) is 24.6 Å². The lowest BCUT2D eigenvalue weighted by atomic mass is 10.1. The molecule has 2 aliphatic rings. The van der Waals surface area contributed by atoms with Gasteiger partial charge in [-0.1, -0.05) is 13.8 Å². The smallest absolute Gasteiger partial charge is 0.253 e. The Balaban J connectivity index is 1.96. The van der Waals surface area contributed by atoms with Gasteiger partial charge in [-0.2, -0.15) is 4.31 Å². The molecule has 0 aromatic heterocycles. The van der Waals surface area contributed by atoms with E-state index in [1.54, 1.807) is 18.2 Å². The van der Waals surface area contributed by atoms with E-state index >= 15 is 0 Å². The normalized spacial score (nSPS) is 18.7. The highest BCUT2D eigenvalue weighted by Crippen LogP contribution is 2.33. The first-order valence-corrected chi connectivity index (χ1v) is 11.5. The summed E-state index contributed by atoms with van der Waals surface area (Å²) in [6.07, 6.45) is 4.49. The fraction of sp³-hybridized carbons (Fsp3) is 0.650. The number of carbonyl (C=O) groups is 1. The molecule has 1 saturated heterocycles. The fourth-order valence-electron chi connectivity index (χ4n) is 3.80. The first kappa shape index (κ1) is 20.1. The molecule has 0 spiro atoms. The maximum Gasteiger partial charge on any atom is 0.253 e. The van der Waals surface area contributed by atoms with Gasteiger partial charge in [0.2, 0.25) is 10.0 Å². The maximum atomic E-state index is 13.0. The van der Waals surface area contributed by atoms with E-state index in [-0.39, 0.29) is 16.8 Å². The van der Waals surface area contributed by atoms with Crippen LogP contribution in [0.1, 0.15) is 56.8 Å². The number of nitrogens with zero attached hydrogens (tertiary/aromatic N) is 2. The molecule has 1 aliphatic heterocycles. The van der Waals surface area contributed by atoms with Crippen LogP contribution in [-0.4, -0.2) is 50.9 Å². The van der Waals surface area contributed by atoms with Crippen molar-refractivity contribution in [1.82, 2.24) is 9.62 Å². The zero-order valence-electron chi connectivity index (χ0n) is 16.6. The summed E-state index contributed by atoms with van der Waals surface area (Å²) in [5.74, 6) is 0.375. The number of rotatable bonds is 8. The lowest BCUT2D eigenvalue weighted by molar-refractivity contribution is 0.0936. The van der Waals surface area contributed by atoms with Gasteiger partial charge in [-0.15, -0.1) is 0 Å². The van der Waals surface area contributed by atoms with Gasteiger partial charge in [0.1, 0.15) is 0 Å². The first-order chi connectivity index (χ1) is 12.9. The second kappa shape index (κ2) is 8.19. The molecule has 3 rings (SSSR count). The molecule has 2 fully saturated rings. The number of amides is 1. The number of nitrogens with one attached hydrogen (secondary N) is 1. The van der Waals surface area contributed by atoms with Gasteiger partial charge in [0.05, 0.1) is 10.5 Å². The van der Waals surface area contributed by atoms with Crippen LogP contribution in [0.15, 0.2) is 23.1 Å². The number of hydrogen-bond acceptors (Lipinski definition) is 4. The Kier molecular flexibility index (Phi) is 6.11. The summed E-state index contributed by atoms with van der Waals surface area (Å²) < 4.78 is 27.3. The number of anilines is 1. The molecule has 7 heteroatoms. The van der Waals surface area contributed by atoms with Crippen molar-refractivity contribution in [3.8, 4) is 0 Å². The highest BCUT2D eigenvalue weighted by atomic mass is 32.2. The lowest BCUT2D eigenvalue weighted by Gasteiger charge is -2.24. The standard InChI is InChI=1S/C20H31N3O3S/c1-4-23(5-2)27(25,26)17-10-11-19(22-12-6-7-13-22)18(14-17)20(24)21-15(3)16-8-9-16/h10-11,14-16H,4-9,12-13H2,1-3H3,(H,21,24)/t15-/m0/s1. The number of carbonyl (C=O) groups excluding carboxylic acids is 1. The van der Waals surface area contributed by atoms with E-state index in [2.05, 4.69) is 10.2 Å². The van der Waals surface area contributed by atoms with E-state index < -0.39 is 10.0 Å². The molecule has 150 valence electrons. The van der Waals surface area contributed by atoms with E-state index in [4.69, 9.17) is 0 Å². The zero-order chi connectivity index (χ0) is 19.6. The second-order valence-electron chi connectivity index (χ2n) is 7.56. The predicted molar refractivity (Wildman–Crippen MR) is 108 cm³/mol. The van der Waals surface area contributed by atoms with Crippen molar-refractivity contribution >= 4 is 21.6 Å². The van der Waals surface area contributed by atoms with Gasteiger partial charge in [0, 0.05) is 37.9 Å². The first-order valence-electron chi connectivity index (χ1n) is 10.1. The van der Waals surface area contributed by atoms with Gasteiger partial charge in [0.25, 0.3) is 5.91 Å². The third-order valence-electron chi connectivity index (χ3n) is 5.69. The largest absolute Gasteiger partial charge is 0.371 e. The molecule has 0 bridgehead atoms. The van der Waals surface area contributed by atoms with Gasteiger partial charge in [0.15, 0.2) is 0 Å². The Labute approximate surface area is 163 Å². The predicted octanol–water partition coefficient (Wildman–Crippen LogP) is 2.85. The average molecular weight is 394 g/mol. The van der Waals surface area contributed by atoms with Crippen molar-refractivity contribution in [3.05, 3.63) is 23.8 Å². The van der Waals surface area contributed by atoms with Crippen molar-refractivity contribution < 1.29 is 13.2 Å². The molecule has 1 amide bonds. The van der Waals surface area contributed by atoms with Gasteiger partial charge >= 0.3 is 0 Å². The molecular weight excluding hydrogens is 362 g/mol. The molecule has 1 heterocycles. The minimum absolute atomic E-state index is 0.118. The van der Waals surface area contributed by atoms with Crippen LogP contribution in [0.4, 0.5) is 5.69 Å². The number of benzene rings is 1. The minimum Gasteiger partial charge on any atom is -0.371 e. The van der Waals surface area contributed by atoms with Gasteiger partial charge in [-0.25, -0.2) is 8.42 Å². The van der Waals surface area contributed by atoms with Crippen LogP contribution in [0, 0.1) is 5.92 Å². The fourth-order valence-corrected chi connectivity index (χ4v) is 5.29. The van der Waals surface area contributed by atoms with Crippen LogP contribution >= 0.6 is 0 Å². The molecule has 1 aromatic carbocycles. The van der Waals surface area contributed by atoms with Crippen molar-refractivity contribution in [2.24, 2.45) is 5.92 Å². The van der Waals surface area contributed by atoms with Crippen LogP contribution in [-0.2, 0) is 10.0 Å². The van der Waals surface area contributed by atoms with Crippen molar-refractivity contribution in [2.75, 3.05) is 31.1 Å². The minimum atomic E-state index is -3.60. The zero-order valence-corrected chi connectivity index (χ0v) is 17.4. The molecular formula is C20H31N3O3S. The summed E-state index contributed by atoms with van der Waals surface area (Å²) in [6.45, 7) is 8.30. The quantitative estimate of drug-likeness (QED) is 0.737. The summed E-state index contributed by atoms with van der Waals surface area (Å²) >= 11 is 0.